The molecule has 0 aliphatic heterocycles. The molecule has 1 heterocycles. The van der Waals surface area contributed by atoms with Gasteiger partial charge < -0.3 is 20.8 Å². The van der Waals surface area contributed by atoms with Gasteiger partial charge in [-0.05, 0) is 76.5 Å². The minimum Gasteiger partial charge on any atom is -0.390 e. The van der Waals surface area contributed by atoms with Gasteiger partial charge in [-0.1, -0.05) is 0 Å². The molecule has 7 heteroatoms. The second-order valence-corrected chi connectivity index (χ2v) is 10.7. The number of anilines is 1. The Kier molecular flexibility index (Phi) is 4.24. The number of aliphatic hydroxyl groups is 2. The molecule has 5 fully saturated rings. The van der Waals surface area contributed by atoms with Crippen LogP contribution in [0, 0.1) is 17.8 Å². The molecule has 29 heavy (non-hydrogen) atoms. The average Bonchev–Trinajstić information content (AvgIpc) is 3.42. The molecule has 7 nitrogen and oxygen atoms in total. The molecule has 6 rings (SSSR count). The molecule has 2 atom stereocenters. The van der Waals surface area contributed by atoms with Gasteiger partial charge in [0.25, 0.3) is 5.91 Å². The van der Waals surface area contributed by atoms with Gasteiger partial charge in [0.1, 0.15) is 0 Å². The third-order valence-electron chi connectivity index (χ3n) is 7.40. The Morgan fingerprint density at radius 1 is 1.28 bits per heavy atom. The molecule has 1 aromatic rings. The lowest BCUT2D eigenvalue weighted by Crippen LogP contribution is -2.63. The fourth-order valence-electron chi connectivity index (χ4n) is 6.57. The number of rotatable bonds is 6. The van der Waals surface area contributed by atoms with E-state index >= 15 is 0 Å². The molecular weight excluding hydrogens is 368 g/mol. The van der Waals surface area contributed by atoms with Crippen LogP contribution in [0.5, 0.6) is 0 Å². The summed E-state index contributed by atoms with van der Waals surface area (Å²) in [5.74, 6) is 1.77. The van der Waals surface area contributed by atoms with E-state index in [9.17, 15) is 15.0 Å². The number of carbonyl (C=O) groups excluding carboxylic acids is 1. The van der Waals surface area contributed by atoms with Crippen LogP contribution >= 0.6 is 0 Å². The van der Waals surface area contributed by atoms with Crippen LogP contribution in [0.25, 0.3) is 0 Å². The summed E-state index contributed by atoms with van der Waals surface area (Å²) in [7, 11) is 0. The van der Waals surface area contributed by atoms with Crippen LogP contribution in [0.1, 0.15) is 80.8 Å². The smallest absolute Gasteiger partial charge is 0.252 e. The van der Waals surface area contributed by atoms with E-state index in [1.54, 1.807) is 6.20 Å². The van der Waals surface area contributed by atoms with E-state index in [0.717, 1.165) is 50.6 Å². The van der Waals surface area contributed by atoms with Gasteiger partial charge >= 0.3 is 0 Å². The maximum Gasteiger partial charge on any atom is 0.252 e. The second-order valence-electron chi connectivity index (χ2n) is 10.7. The highest BCUT2D eigenvalue weighted by Crippen LogP contribution is 2.57. The van der Waals surface area contributed by atoms with Gasteiger partial charge in [0.15, 0.2) is 0 Å². The van der Waals surface area contributed by atoms with Gasteiger partial charge in [-0.25, -0.2) is 9.97 Å². The minimum absolute atomic E-state index is 0.213. The Bertz CT molecular complexity index is 816. The van der Waals surface area contributed by atoms with Gasteiger partial charge in [-0.15, -0.1) is 0 Å². The van der Waals surface area contributed by atoms with Crippen LogP contribution in [-0.4, -0.2) is 49.9 Å². The lowest BCUT2D eigenvalue weighted by molar-refractivity contribution is -0.135. The molecule has 158 valence electrons. The second kappa shape index (κ2) is 6.38. The summed E-state index contributed by atoms with van der Waals surface area (Å²) >= 11 is 0. The van der Waals surface area contributed by atoms with Crippen LogP contribution < -0.4 is 10.6 Å². The molecule has 0 spiro atoms. The monoisotopic (exact) mass is 400 g/mol. The highest BCUT2D eigenvalue weighted by molar-refractivity contribution is 5.94. The fraction of sp³-hybridized carbons (Fsp3) is 0.773. The molecule has 0 saturated heterocycles. The lowest BCUT2D eigenvalue weighted by Gasteiger charge is -2.60. The van der Waals surface area contributed by atoms with Crippen LogP contribution in [-0.2, 0) is 0 Å². The molecule has 4 N–H and O–H groups in total. The van der Waals surface area contributed by atoms with Gasteiger partial charge in [-0.3, -0.25) is 4.79 Å². The van der Waals surface area contributed by atoms with Crippen LogP contribution in [0.4, 0.5) is 5.95 Å². The summed E-state index contributed by atoms with van der Waals surface area (Å²) in [6.45, 7) is 4.04. The van der Waals surface area contributed by atoms with E-state index in [1.165, 1.54) is 0 Å². The van der Waals surface area contributed by atoms with Crippen molar-refractivity contribution in [3.8, 4) is 0 Å². The molecule has 0 aromatic carbocycles. The summed E-state index contributed by atoms with van der Waals surface area (Å²) in [6, 6.07) is 0.213. The number of nitrogens with two attached hydrogens (primary N) is 1. The predicted octanol–water partition coefficient (Wildman–Crippen LogP) is 1.97. The summed E-state index contributed by atoms with van der Waals surface area (Å²) < 4.78 is 0. The van der Waals surface area contributed by atoms with E-state index in [4.69, 9.17) is 10.7 Å². The van der Waals surface area contributed by atoms with E-state index in [1.807, 2.05) is 13.8 Å². The zero-order chi connectivity index (χ0) is 20.6. The average molecular weight is 401 g/mol. The first-order chi connectivity index (χ1) is 13.6. The van der Waals surface area contributed by atoms with Crippen molar-refractivity contribution in [1.29, 1.82) is 0 Å². The van der Waals surface area contributed by atoms with Crippen molar-refractivity contribution in [2.24, 2.45) is 23.5 Å². The zero-order valence-corrected chi connectivity index (χ0v) is 17.3. The number of hydrogen-bond donors (Lipinski definition) is 3. The van der Waals surface area contributed by atoms with E-state index in [2.05, 4.69) is 9.88 Å². The van der Waals surface area contributed by atoms with Gasteiger partial charge in [-0.2, -0.15) is 0 Å². The third-order valence-corrected chi connectivity index (χ3v) is 7.40. The van der Waals surface area contributed by atoms with E-state index in [-0.39, 0.29) is 12.0 Å². The first-order valence-electron chi connectivity index (χ1n) is 11.0. The van der Waals surface area contributed by atoms with Crippen molar-refractivity contribution in [3.05, 3.63) is 17.5 Å². The molecule has 1 aromatic heterocycles. The van der Waals surface area contributed by atoms with Crippen LogP contribution in [0.3, 0.4) is 0 Å². The Balaban J connectivity index is 1.53. The Labute approximate surface area is 171 Å². The van der Waals surface area contributed by atoms with Crippen molar-refractivity contribution in [3.63, 3.8) is 0 Å². The quantitative estimate of drug-likeness (QED) is 0.673. The molecule has 5 aliphatic carbocycles. The number of amides is 1. The van der Waals surface area contributed by atoms with Gasteiger partial charge in [0.05, 0.1) is 22.5 Å². The number of primary amides is 1. The Morgan fingerprint density at radius 3 is 2.45 bits per heavy atom. The van der Waals surface area contributed by atoms with E-state index in [0.29, 0.717) is 35.8 Å². The summed E-state index contributed by atoms with van der Waals surface area (Å²) in [5, 5.41) is 21.6. The number of hydrogen-bond acceptors (Lipinski definition) is 6. The summed E-state index contributed by atoms with van der Waals surface area (Å²) in [4.78, 5) is 23.4. The number of aromatic nitrogens is 2. The fourth-order valence-corrected chi connectivity index (χ4v) is 6.57. The van der Waals surface area contributed by atoms with Crippen molar-refractivity contribution < 1.29 is 15.0 Å². The first-order valence-corrected chi connectivity index (χ1v) is 11.0. The Morgan fingerprint density at radius 2 is 1.93 bits per heavy atom. The Hall–Kier alpha value is -1.73. The molecule has 5 saturated carbocycles. The predicted molar refractivity (Wildman–Crippen MR) is 108 cm³/mol. The summed E-state index contributed by atoms with van der Waals surface area (Å²) in [6.07, 6.45) is 8.44. The molecule has 2 unspecified atom stereocenters. The van der Waals surface area contributed by atoms with Crippen molar-refractivity contribution in [2.75, 3.05) is 11.4 Å². The van der Waals surface area contributed by atoms with Gasteiger partial charge in [0, 0.05) is 24.7 Å². The topological polar surface area (TPSA) is 113 Å². The standard InChI is InChI=1S/C22H32N4O3/c1-21(2,28)11-26(18-14-5-12-6-15(18)9-22(29,7-12)8-14)20-24-10-16(19(23)27)17(25-20)13-3-4-13/h10,12-15,18,28-29H,3-9,11H2,1-2H3,(H2,23,27). The maximum atomic E-state index is 11.9. The molecule has 5 aliphatic rings. The minimum atomic E-state index is -0.906. The number of carbonyl (C=O) groups is 1. The van der Waals surface area contributed by atoms with Crippen molar-refractivity contribution in [1.82, 2.24) is 9.97 Å². The zero-order valence-electron chi connectivity index (χ0n) is 17.3. The third kappa shape index (κ3) is 3.52. The largest absolute Gasteiger partial charge is 0.390 e. The van der Waals surface area contributed by atoms with Crippen molar-refractivity contribution in [2.45, 2.75) is 82.0 Å². The van der Waals surface area contributed by atoms with Crippen LogP contribution in [0.2, 0.25) is 0 Å². The maximum absolute atomic E-state index is 11.9. The normalized spacial score (nSPS) is 35.7. The number of nitrogens with zero attached hydrogens (tertiary/aromatic N) is 3. The van der Waals surface area contributed by atoms with Gasteiger partial charge in [0.2, 0.25) is 5.95 Å². The lowest BCUT2D eigenvalue weighted by atomic mass is 9.52. The SMILES string of the molecule is CC(C)(O)CN(c1ncc(C(N)=O)c(C2CC2)n1)C1C2CC3CC1CC(O)(C3)C2. The summed E-state index contributed by atoms with van der Waals surface area (Å²) in [5.41, 5.74) is 5.31. The van der Waals surface area contributed by atoms with E-state index < -0.39 is 17.1 Å². The highest BCUT2D eigenvalue weighted by atomic mass is 16.3. The molecule has 4 bridgehead atoms. The first kappa shape index (κ1) is 19.2. The van der Waals surface area contributed by atoms with Crippen LogP contribution in [0.15, 0.2) is 6.20 Å². The highest BCUT2D eigenvalue weighted by Gasteiger charge is 2.56. The molecule has 0 radical (unpaired) electrons. The molecule has 1 amide bonds. The molecular formula is C22H32N4O3. The van der Waals surface area contributed by atoms with Crippen molar-refractivity contribution >= 4 is 11.9 Å².